The van der Waals surface area contributed by atoms with Gasteiger partial charge in [-0.15, -0.1) is 0 Å². The maximum Gasteiger partial charge on any atom is 0.374 e. The topological polar surface area (TPSA) is 74.7 Å². The number of methoxy groups -OCH3 is 1. The fraction of sp³-hybridized carbons (Fsp3) is 0.154. The van der Waals surface area contributed by atoms with E-state index in [9.17, 15) is 4.79 Å². The highest BCUT2D eigenvalue weighted by molar-refractivity contribution is 5.87. The number of anilines is 1. The maximum absolute atomic E-state index is 11.4. The predicted octanol–water partition coefficient (Wildman–Crippen LogP) is 2.23. The minimum atomic E-state index is -0.522. The van der Waals surface area contributed by atoms with Gasteiger partial charge in [0.25, 0.3) is 0 Å². The van der Waals surface area contributed by atoms with E-state index in [1.54, 1.807) is 30.3 Å². The van der Waals surface area contributed by atoms with E-state index < -0.39 is 5.97 Å². The van der Waals surface area contributed by atoms with Crippen molar-refractivity contribution in [1.29, 1.82) is 0 Å². The molecule has 2 aromatic rings. The molecule has 0 saturated heterocycles. The molecule has 0 radical (unpaired) electrons. The predicted molar refractivity (Wildman–Crippen MR) is 65.2 cm³/mol. The van der Waals surface area contributed by atoms with Crippen molar-refractivity contribution in [3.8, 4) is 5.75 Å². The minimum Gasteiger partial charge on any atom is -0.489 e. The van der Waals surface area contributed by atoms with E-state index in [1.165, 1.54) is 13.4 Å². The molecule has 0 bridgehead atoms. The zero-order chi connectivity index (χ0) is 13.0. The summed E-state index contributed by atoms with van der Waals surface area (Å²) in [4.78, 5) is 11.4. The van der Waals surface area contributed by atoms with E-state index in [2.05, 4.69) is 4.74 Å². The van der Waals surface area contributed by atoms with Crippen molar-refractivity contribution in [3.05, 3.63) is 47.9 Å². The van der Waals surface area contributed by atoms with E-state index in [0.717, 1.165) is 0 Å². The summed E-state index contributed by atoms with van der Waals surface area (Å²) in [6.07, 6.45) is 1.42. The van der Waals surface area contributed by atoms with Crippen LogP contribution in [0, 0.1) is 0 Å². The summed E-state index contributed by atoms with van der Waals surface area (Å²) in [6.45, 7) is 0.213. The van der Waals surface area contributed by atoms with Crippen molar-refractivity contribution >= 4 is 11.7 Å². The third-order valence-electron chi connectivity index (χ3n) is 2.37. The van der Waals surface area contributed by atoms with Gasteiger partial charge in [0, 0.05) is 17.3 Å². The van der Waals surface area contributed by atoms with Crippen molar-refractivity contribution in [3.63, 3.8) is 0 Å². The molecule has 0 amide bonds. The zero-order valence-corrected chi connectivity index (χ0v) is 9.88. The second-order valence-corrected chi connectivity index (χ2v) is 3.63. The van der Waals surface area contributed by atoms with E-state index in [0.29, 0.717) is 17.0 Å². The Morgan fingerprint density at radius 1 is 1.39 bits per heavy atom. The lowest BCUT2D eigenvalue weighted by Crippen LogP contribution is -2.05. The second-order valence-electron chi connectivity index (χ2n) is 3.63. The molecule has 0 aliphatic heterocycles. The Bertz CT molecular complexity index is 547. The molecule has 0 fully saturated rings. The first kappa shape index (κ1) is 12.0. The molecular formula is C13H13NO4. The van der Waals surface area contributed by atoms with Crippen LogP contribution in [0.4, 0.5) is 5.69 Å². The Balaban J connectivity index is 2.07. The van der Waals surface area contributed by atoms with E-state index >= 15 is 0 Å². The van der Waals surface area contributed by atoms with Crippen LogP contribution in [0.25, 0.3) is 0 Å². The Morgan fingerprint density at radius 2 is 2.22 bits per heavy atom. The van der Waals surface area contributed by atoms with Gasteiger partial charge in [-0.1, -0.05) is 6.07 Å². The molecular weight excluding hydrogens is 234 g/mol. The van der Waals surface area contributed by atoms with Crippen molar-refractivity contribution in [2.24, 2.45) is 0 Å². The number of hydrogen-bond acceptors (Lipinski definition) is 5. The Labute approximate surface area is 104 Å². The van der Waals surface area contributed by atoms with Crippen molar-refractivity contribution < 1.29 is 18.7 Å². The molecule has 0 saturated carbocycles. The number of rotatable bonds is 4. The van der Waals surface area contributed by atoms with Gasteiger partial charge in [0.05, 0.1) is 13.4 Å². The highest BCUT2D eigenvalue weighted by Gasteiger charge is 2.16. The molecule has 0 atom stereocenters. The monoisotopic (exact) mass is 247 g/mol. The summed E-state index contributed by atoms with van der Waals surface area (Å²) >= 11 is 0. The van der Waals surface area contributed by atoms with Crippen molar-refractivity contribution in [1.82, 2.24) is 0 Å². The first-order chi connectivity index (χ1) is 8.70. The number of hydrogen-bond donors (Lipinski definition) is 1. The molecule has 94 valence electrons. The van der Waals surface area contributed by atoms with Gasteiger partial charge < -0.3 is 19.6 Å². The molecule has 0 aliphatic rings. The zero-order valence-electron chi connectivity index (χ0n) is 9.88. The summed E-state index contributed by atoms with van der Waals surface area (Å²) in [6, 6.07) is 8.72. The first-order valence-electron chi connectivity index (χ1n) is 5.33. The van der Waals surface area contributed by atoms with Gasteiger partial charge in [0.15, 0.2) is 0 Å². The minimum absolute atomic E-state index is 0.154. The van der Waals surface area contributed by atoms with Gasteiger partial charge in [0.2, 0.25) is 5.76 Å². The van der Waals surface area contributed by atoms with Crippen LogP contribution in [-0.2, 0) is 11.3 Å². The number of carbonyl (C=O) groups is 1. The average molecular weight is 247 g/mol. The van der Waals surface area contributed by atoms with Crippen LogP contribution in [0.1, 0.15) is 16.1 Å². The van der Waals surface area contributed by atoms with Crippen LogP contribution in [-0.4, -0.2) is 13.1 Å². The molecule has 1 aromatic carbocycles. The summed E-state index contributed by atoms with van der Waals surface area (Å²) in [5.74, 6) is 0.264. The van der Waals surface area contributed by atoms with Gasteiger partial charge >= 0.3 is 5.97 Å². The largest absolute Gasteiger partial charge is 0.489 e. The summed E-state index contributed by atoms with van der Waals surface area (Å²) in [7, 11) is 1.30. The molecule has 0 aliphatic carbocycles. The van der Waals surface area contributed by atoms with Crippen LogP contribution < -0.4 is 10.5 Å². The fourth-order valence-corrected chi connectivity index (χ4v) is 1.49. The quantitative estimate of drug-likeness (QED) is 0.662. The molecule has 2 rings (SSSR count). The van der Waals surface area contributed by atoms with Crippen molar-refractivity contribution in [2.45, 2.75) is 6.61 Å². The number of carbonyl (C=O) groups excluding carboxylic acids is 1. The standard InChI is InChI=1S/C13H13NO4/c1-16-13(15)12-9(5-6-17-12)8-18-11-4-2-3-10(14)7-11/h2-7H,8,14H2,1H3. The third-order valence-corrected chi connectivity index (χ3v) is 2.37. The Kier molecular flexibility index (Phi) is 3.52. The first-order valence-corrected chi connectivity index (χ1v) is 5.33. The SMILES string of the molecule is COC(=O)c1occc1COc1cccc(N)c1. The highest BCUT2D eigenvalue weighted by atomic mass is 16.5. The number of benzene rings is 1. The number of nitrogens with two attached hydrogens (primary N) is 1. The maximum atomic E-state index is 11.4. The summed E-state index contributed by atoms with van der Waals surface area (Å²) in [5, 5.41) is 0. The molecule has 18 heavy (non-hydrogen) atoms. The van der Waals surface area contributed by atoms with Gasteiger partial charge in [-0.05, 0) is 18.2 Å². The molecule has 1 heterocycles. The van der Waals surface area contributed by atoms with Crippen LogP contribution in [0.5, 0.6) is 5.75 Å². The lowest BCUT2D eigenvalue weighted by Gasteiger charge is -2.06. The van der Waals surface area contributed by atoms with Gasteiger partial charge in [-0.25, -0.2) is 4.79 Å². The third kappa shape index (κ3) is 2.63. The molecule has 1 aromatic heterocycles. The average Bonchev–Trinajstić information content (AvgIpc) is 2.84. The Morgan fingerprint density at radius 3 is 2.94 bits per heavy atom. The number of ether oxygens (including phenoxy) is 2. The second kappa shape index (κ2) is 5.27. The molecule has 2 N–H and O–H groups in total. The molecule has 0 spiro atoms. The summed E-state index contributed by atoms with van der Waals surface area (Å²) < 4.78 is 15.2. The van der Waals surface area contributed by atoms with E-state index in [1.807, 2.05) is 0 Å². The van der Waals surface area contributed by atoms with Crippen LogP contribution in [0.3, 0.4) is 0 Å². The number of nitrogen functional groups attached to an aromatic ring is 1. The molecule has 5 heteroatoms. The van der Waals surface area contributed by atoms with Gasteiger partial charge in [-0.3, -0.25) is 0 Å². The van der Waals surface area contributed by atoms with E-state index in [-0.39, 0.29) is 12.4 Å². The fourth-order valence-electron chi connectivity index (χ4n) is 1.49. The molecule has 5 nitrogen and oxygen atoms in total. The van der Waals surface area contributed by atoms with E-state index in [4.69, 9.17) is 14.9 Å². The molecule has 0 unspecified atom stereocenters. The van der Waals surface area contributed by atoms with Crippen LogP contribution in [0.15, 0.2) is 41.0 Å². The number of furan rings is 1. The van der Waals surface area contributed by atoms with Crippen LogP contribution >= 0.6 is 0 Å². The van der Waals surface area contributed by atoms with Crippen molar-refractivity contribution in [2.75, 3.05) is 12.8 Å². The Hall–Kier alpha value is -2.43. The number of esters is 1. The van der Waals surface area contributed by atoms with Gasteiger partial charge in [0.1, 0.15) is 12.4 Å². The highest BCUT2D eigenvalue weighted by Crippen LogP contribution is 2.18. The lowest BCUT2D eigenvalue weighted by molar-refractivity contribution is 0.0561. The smallest absolute Gasteiger partial charge is 0.374 e. The summed E-state index contributed by atoms with van der Waals surface area (Å²) in [5.41, 5.74) is 6.88. The lowest BCUT2D eigenvalue weighted by atomic mass is 10.2. The van der Waals surface area contributed by atoms with Gasteiger partial charge in [-0.2, -0.15) is 0 Å². The van der Waals surface area contributed by atoms with Crippen LogP contribution in [0.2, 0.25) is 0 Å². The normalized spacial score (nSPS) is 10.1.